The van der Waals surface area contributed by atoms with E-state index in [2.05, 4.69) is 30.5 Å². The summed E-state index contributed by atoms with van der Waals surface area (Å²) in [4.78, 5) is 12.4. The van der Waals surface area contributed by atoms with E-state index in [9.17, 15) is 13.2 Å². The highest BCUT2D eigenvalue weighted by Gasteiger charge is 2.24. The van der Waals surface area contributed by atoms with E-state index in [0.717, 1.165) is 11.4 Å². The standard InChI is InChI=1S/C21H26N2O3S/c1-15(2)19-5-3-4-6-20(19)22-17-9-7-16(8-10-17)21(24)23-18-11-13-27(25,26)14-12-18/h3-10,15,18,22H,11-14H2,1-2H3,(H,23,24). The van der Waals surface area contributed by atoms with Crippen molar-refractivity contribution in [2.75, 3.05) is 16.8 Å². The highest BCUT2D eigenvalue weighted by molar-refractivity contribution is 7.91. The minimum atomic E-state index is -2.92. The van der Waals surface area contributed by atoms with Crippen LogP contribution < -0.4 is 10.6 Å². The van der Waals surface area contributed by atoms with Gasteiger partial charge in [-0.2, -0.15) is 0 Å². The number of anilines is 2. The molecule has 2 N–H and O–H groups in total. The summed E-state index contributed by atoms with van der Waals surface area (Å²) in [7, 11) is -2.92. The molecule has 1 fully saturated rings. The van der Waals surface area contributed by atoms with Crippen LogP contribution in [0.15, 0.2) is 48.5 Å². The van der Waals surface area contributed by atoms with Crippen molar-refractivity contribution >= 4 is 27.1 Å². The van der Waals surface area contributed by atoms with Crippen molar-refractivity contribution in [3.63, 3.8) is 0 Å². The van der Waals surface area contributed by atoms with Gasteiger partial charge in [0.25, 0.3) is 5.91 Å². The first-order valence-corrected chi connectivity index (χ1v) is 11.1. The summed E-state index contributed by atoms with van der Waals surface area (Å²) in [5, 5.41) is 6.35. The monoisotopic (exact) mass is 386 g/mol. The van der Waals surface area contributed by atoms with Crippen LogP contribution in [-0.2, 0) is 9.84 Å². The second-order valence-electron chi connectivity index (χ2n) is 7.34. The molecule has 1 aliphatic heterocycles. The Kier molecular flexibility index (Phi) is 5.85. The van der Waals surface area contributed by atoms with Gasteiger partial charge in [0.15, 0.2) is 0 Å². The second-order valence-corrected chi connectivity index (χ2v) is 9.65. The Bertz CT molecular complexity index is 891. The lowest BCUT2D eigenvalue weighted by molar-refractivity contribution is 0.0934. The number of para-hydroxylation sites is 1. The van der Waals surface area contributed by atoms with E-state index in [1.165, 1.54) is 5.56 Å². The largest absolute Gasteiger partial charge is 0.355 e. The number of hydrogen-bond acceptors (Lipinski definition) is 4. The number of rotatable bonds is 5. The van der Waals surface area contributed by atoms with Crippen molar-refractivity contribution in [2.45, 2.75) is 38.6 Å². The van der Waals surface area contributed by atoms with E-state index in [-0.39, 0.29) is 23.5 Å². The summed E-state index contributed by atoms with van der Waals surface area (Å²) in [5.41, 5.74) is 3.80. The number of carbonyl (C=O) groups is 1. The molecule has 2 aromatic carbocycles. The molecule has 1 heterocycles. The summed E-state index contributed by atoms with van der Waals surface area (Å²) < 4.78 is 23.0. The Morgan fingerprint density at radius 2 is 1.63 bits per heavy atom. The quantitative estimate of drug-likeness (QED) is 0.818. The number of amides is 1. The lowest BCUT2D eigenvalue weighted by Gasteiger charge is -2.23. The molecule has 2 aromatic rings. The zero-order valence-electron chi connectivity index (χ0n) is 15.7. The molecule has 144 valence electrons. The van der Waals surface area contributed by atoms with E-state index in [1.54, 1.807) is 12.1 Å². The third-order valence-corrected chi connectivity index (χ3v) is 6.61. The van der Waals surface area contributed by atoms with Crippen molar-refractivity contribution in [1.82, 2.24) is 5.32 Å². The number of nitrogens with one attached hydrogen (secondary N) is 2. The van der Waals surface area contributed by atoms with Gasteiger partial charge in [-0.3, -0.25) is 4.79 Å². The molecule has 3 rings (SSSR count). The van der Waals surface area contributed by atoms with Crippen molar-refractivity contribution in [2.24, 2.45) is 0 Å². The normalized spacial score (nSPS) is 16.9. The first-order valence-electron chi connectivity index (χ1n) is 9.31. The minimum absolute atomic E-state index is 0.0725. The molecule has 27 heavy (non-hydrogen) atoms. The maximum atomic E-state index is 12.4. The minimum Gasteiger partial charge on any atom is -0.355 e. The molecular weight excluding hydrogens is 360 g/mol. The van der Waals surface area contributed by atoms with Gasteiger partial charge in [0.2, 0.25) is 0 Å². The van der Waals surface area contributed by atoms with Crippen LogP contribution in [0.4, 0.5) is 11.4 Å². The summed E-state index contributed by atoms with van der Waals surface area (Å²) in [6.07, 6.45) is 0.972. The molecular formula is C21H26N2O3S. The molecule has 0 radical (unpaired) electrons. The van der Waals surface area contributed by atoms with Crippen LogP contribution >= 0.6 is 0 Å². The molecule has 0 atom stereocenters. The number of hydrogen-bond donors (Lipinski definition) is 2. The summed E-state index contributed by atoms with van der Waals surface area (Å²) >= 11 is 0. The Morgan fingerprint density at radius 1 is 1.00 bits per heavy atom. The molecule has 0 bridgehead atoms. The van der Waals surface area contributed by atoms with Crippen LogP contribution in [0.2, 0.25) is 0 Å². The molecule has 0 aromatic heterocycles. The van der Waals surface area contributed by atoms with E-state index in [4.69, 9.17) is 0 Å². The fraction of sp³-hybridized carbons (Fsp3) is 0.381. The summed E-state index contributed by atoms with van der Waals surface area (Å²) in [6, 6.07) is 15.5. The van der Waals surface area contributed by atoms with Gasteiger partial charge in [-0.15, -0.1) is 0 Å². The number of sulfone groups is 1. The Hall–Kier alpha value is -2.34. The fourth-order valence-corrected chi connectivity index (χ4v) is 4.77. The first-order chi connectivity index (χ1) is 12.8. The molecule has 1 aliphatic rings. The van der Waals surface area contributed by atoms with Crippen molar-refractivity contribution < 1.29 is 13.2 Å². The zero-order valence-corrected chi connectivity index (χ0v) is 16.6. The van der Waals surface area contributed by atoms with E-state index < -0.39 is 9.84 Å². The molecule has 1 saturated heterocycles. The molecule has 1 amide bonds. The van der Waals surface area contributed by atoms with Crippen LogP contribution in [0.25, 0.3) is 0 Å². The SMILES string of the molecule is CC(C)c1ccccc1Nc1ccc(C(=O)NC2CCS(=O)(=O)CC2)cc1. The topological polar surface area (TPSA) is 75.3 Å². The van der Waals surface area contributed by atoms with Gasteiger partial charge in [-0.25, -0.2) is 8.42 Å². The Labute approximate surface area is 161 Å². The van der Waals surface area contributed by atoms with Crippen LogP contribution in [0.3, 0.4) is 0 Å². The number of carbonyl (C=O) groups excluding carboxylic acids is 1. The maximum absolute atomic E-state index is 12.4. The van der Waals surface area contributed by atoms with Crippen LogP contribution in [-0.4, -0.2) is 31.9 Å². The van der Waals surface area contributed by atoms with Gasteiger partial charge in [-0.1, -0.05) is 32.0 Å². The van der Waals surface area contributed by atoms with Crippen LogP contribution in [0, 0.1) is 0 Å². The highest BCUT2D eigenvalue weighted by Crippen LogP contribution is 2.27. The Balaban J connectivity index is 1.63. The van der Waals surface area contributed by atoms with E-state index in [0.29, 0.717) is 24.3 Å². The first kappa shape index (κ1) is 19.4. The average Bonchev–Trinajstić information content (AvgIpc) is 2.64. The summed E-state index contributed by atoms with van der Waals surface area (Å²) in [5.74, 6) is 0.554. The Morgan fingerprint density at radius 3 is 2.26 bits per heavy atom. The number of benzene rings is 2. The lowest BCUT2D eigenvalue weighted by Crippen LogP contribution is -2.40. The zero-order chi connectivity index (χ0) is 19.4. The van der Waals surface area contributed by atoms with Gasteiger partial charge in [0.1, 0.15) is 9.84 Å². The van der Waals surface area contributed by atoms with Crippen molar-refractivity contribution in [3.8, 4) is 0 Å². The third-order valence-electron chi connectivity index (χ3n) is 4.90. The molecule has 5 nitrogen and oxygen atoms in total. The maximum Gasteiger partial charge on any atom is 0.251 e. The van der Waals surface area contributed by atoms with E-state index >= 15 is 0 Å². The second kappa shape index (κ2) is 8.13. The lowest BCUT2D eigenvalue weighted by atomic mass is 10.0. The van der Waals surface area contributed by atoms with E-state index in [1.807, 2.05) is 30.3 Å². The highest BCUT2D eigenvalue weighted by atomic mass is 32.2. The van der Waals surface area contributed by atoms with Crippen LogP contribution in [0.1, 0.15) is 48.5 Å². The van der Waals surface area contributed by atoms with Gasteiger partial charge >= 0.3 is 0 Å². The molecule has 0 spiro atoms. The predicted octanol–water partition coefficient (Wildman–Crippen LogP) is 3.86. The van der Waals surface area contributed by atoms with Gasteiger partial charge in [-0.05, 0) is 54.7 Å². The molecule has 0 aliphatic carbocycles. The predicted molar refractivity (Wildman–Crippen MR) is 109 cm³/mol. The molecule has 6 heteroatoms. The smallest absolute Gasteiger partial charge is 0.251 e. The van der Waals surface area contributed by atoms with Crippen LogP contribution in [0.5, 0.6) is 0 Å². The molecule has 0 saturated carbocycles. The third kappa shape index (κ3) is 5.10. The summed E-state index contributed by atoms with van der Waals surface area (Å²) in [6.45, 7) is 4.31. The fourth-order valence-electron chi connectivity index (χ4n) is 3.28. The average molecular weight is 387 g/mol. The molecule has 0 unspecified atom stereocenters. The van der Waals surface area contributed by atoms with Gasteiger partial charge in [0.05, 0.1) is 11.5 Å². The van der Waals surface area contributed by atoms with Crippen molar-refractivity contribution in [3.05, 3.63) is 59.7 Å². The van der Waals surface area contributed by atoms with Crippen molar-refractivity contribution in [1.29, 1.82) is 0 Å². The van der Waals surface area contributed by atoms with Gasteiger partial charge in [0, 0.05) is 23.0 Å². The van der Waals surface area contributed by atoms with Gasteiger partial charge < -0.3 is 10.6 Å².